The minimum atomic E-state index is -0.191. The van der Waals surface area contributed by atoms with Crippen LogP contribution >= 0.6 is 0 Å². The van der Waals surface area contributed by atoms with Crippen molar-refractivity contribution in [2.75, 3.05) is 13.6 Å². The highest BCUT2D eigenvalue weighted by atomic mass is 16.3. The van der Waals surface area contributed by atoms with Crippen LogP contribution < -0.4 is 0 Å². The molecular formula is C22H27N3O. The Balaban J connectivity index is 1.34. The molecule has 26 heavy (non-hydrogen) atoms. The molecule has 3 aliphatic heterocycles. The smallest absolute Gasteiger partial charge is 0.0956 e. The molecule has 4 nitrogen and oxygen atoms in total. The van der Waals surface area contributed by atoms with Crippen LogP contribution in [0.25, 0.3) is 11.3 Å². The van der Waals surface area contributed by atoms with Crippen molar-refractivity contribution in [3.63, 3.8) is 0 Å². The fraction of sp³-hybridized carbons (Fsp3) is 0.591. The molecule has 1 spiro atoms. The molecule has 136 valence electrons. The molecule has 4 fully saturated rings. The van der Waals surface area contributed by atoms with E-state index in [1.54, 1.807) is 0 Å². The number of hydrogen-bond acceptors (Lipinski definition) is 3. The summed E-state index contributed by atoms with van der Waals surface area (Å²) in [7, 11) is 2.28. The van der Waals surface area contributed by atoms with Crippen LogP contribution in [0.3, 0.4) is 0 Å². The van der Waals surface area contributed by atoms with Crippen molar-refractivity contribution in [1.82, 2.24) is 14.5 Å². The number of nitrogens with zero attached hydrogens (tertiary/aromatic N) is 3. The first-order valence-electron chi connectivity index (χ1n) is 10.2. The van der Waals surface area contributed by atoms with Gasteiger partial charge in [-0.2, -0.15) is 0 Å². The third kappa shape index (κ3) is 1.89. The fourth-order valence-electron chi connectivity index (χ4n) is 6.85. The number of aliphatic hydroxyl groups excluding tert-OH is 1. The fourth-order valence-corrected chi connectivity index (χ4v) is 6.85. The van der Waals surface area contributed by atoms with Gasteiger partial charge in [-0.3, -0.25) is 0 Å². The summed E-state index contributed by atoms with van der Waals surface area (Å²) in [6.07, 6.45) is 9.97. The average Bonchev–Trinajstić information content (AvgIpc) is 3.12. The van der Waals surface area contributed by atoms with Gasteiger partial charge in [0, 0.05) is 24.1 Å². The summed E-state index contributed by atoms with van der Waals surface area (Å²) < 4.78 is 2.31. The summed E-state index contributed by atoms with van der Waals surface area (Å²) in [5, 5.41) is 11.5. The van der Waals surface area contributed by atoms with Gasteiger partial charge in [-0.1, -0.05) is 24.3 Å². The van der Waals surface area contributed by atoms with Crippen LogP contribution in [0.15, 0.2) is 36.8 Å². The number of imidazole rings is 1. The van der Waals surface area contributed by atoms with Gasteiger partial charge in [-0.05, 0) is 56.0 Å². The van der Waals surface area contributed by atoms with E-state index in [0.29, 0.717) is 12.0 Å². The predicted octanol–water partition coefficient (Wildman–Crippen LogP) is 3.32. The van der Waals surface area contributed by atoms with Gasteiger partial charge in [0.25, 0.3) is 0 Å². The van der Waals surface area contributed by atoms with E-state index < -0.39 is 0 Å². The molecule has 7 rings (SSSR count). The van der Waals surface area contributed by atoms with Crippen LogP contribution in [0.1, 0.15) is 43.7 Å². The molecule has 2 bridgehead atoms. The average molecular weight is 349 g/mol. The second kappa shape index (κ2) is 5.20. The molecule has 0 unspecified atom stereocenters. The van der Waals surface area contributed by atoms with Crippen molar-refractivity contribution in [2.45, 2.75) is 50.3 Å². The van der Waals surface area contributed by atoms with Gasteiger partial charge < -0.3 is 14.6 Å². The zero-order valence-corrected chi connectivity index (χ0v) is 15.4. The molecule has 2 aromatic rings. The Labute approximate surface area is 154 Å². The van der Waals surface area contributed by atoms with Gasteiger partial charge in [0.15, 0.2) is 0 Å². The predicted molar refractivity (Wildman–Crippen MR) is 101 cm³/mol. The first kappa shape index (κ1) is 15.4. The summed E-state index contributed by atoms with van der Waals surface area (Å²) in [6, 6.07) is 9.61. The molecular weight excluding hydrogens is 322 g/mol. The van der Waals surface area contributed by atoms with Gasteiger partial charge in [0.05, 0.1) is 30.4 Å². The third-order valence-electron chi connectivity index (χ3n) is 8.02. The lowest BCUT2D eigenvalue weighted by molar-refractivity contribution is -0.145. The maximum atomic E-state index is 11.5. The highest BCUT2D eigenvalue weighted by Crippen LogP contribution is 2.62. The Morgan fingerprint density at radius 2 is 2.04 bits per heavy atom. The Morgan fingerprint density at radius 3 is 2.88 bits per heavy atom. The van der Waals surface area contributed by atoms with Gasteiger partial charge in [0.1, 0.15) is 0 Å². The highest BCUT2D eigenvalue weighted by molar-refractivity contribution is 5.69. The van der Waals surface area contributed by atoms with Crippen LogP contribution in [0, 0.1) is 17.3 Å². The number of aromatic nitrogens is 2. The first-order valence-corrected chi connectivity index (χ1v) is 10.2. The van der Waals surface area contributed by atoms with Crippen LogP contribution in [0.5, 0.6) is 0 Å². The number of piperidine rings is 1. The molecule has 6 atom stereocenters. The van der Waals surface area contributed by atoms with Gasteiger partial charge in [-0.25, -0.2) is 4.98 Å². The summed E-state index contributed by atoms with van der Waals surface area (Å²) in [4.78, 5) is 6.95. The summed E-state index contributed by atoms with van der Waals surface area (Å²) in [5.74, 6) is 1.09. The number of rotatable bonds is 1. The van der Waals surface area contributed by atoms with Crippen molar-refractivity contribution in [3.05, 3.63) is 42.4 Å². The molecule has 1 N–H and O–H groups in total. The third-order valence-corrected chi connectivity index (χ3v) is 8.02. The summed E-state index contributed by atoms with van der Waals surface area (Å²) in [5.41, 5.74) is 4.03. The molecule has 4 heterocycles. The van der Waals surface area contributed by atoms with Crippen LogP contribution in [0.2, 0.25) is 0 Å². The number of aliphatic hydroxyl groups is 1. The highest BCUT2D eigenvalue weighted by Gasteiger charge is 2.60. The topological polar surface area (TPSA) is 41.3 Å². The lowest BCUT2D eigenvalue weighted by atomic mass is 9.53. The Kier molecular flexibility index (Phi) is 3.08. The van der Waals surface area contributed by atoms with E-state index in [1.165, 1.54) is 49.0 Å². The molecule has 2 aliphatic carbocycles. The SMILES string of the molecule is CN1C[C@H]2CC[C@H]1C[C@@]1(C2)C[C@@H]([C@@H]2c3ccccc3-c3cncn32)[C@H]1O. The van der Waals surface area contributed by atoms with E-state index in [2.05, 4.69) is 45.8 Å². The quantitative estimate of drug-likeness (QED) is 0.859. The Hall–Kier alpha value is -1.65. The Bertz CT molecular complexity index is 861. The lowest BCUT2D eigenvalue weighted by Crippen LogP contribution is -2.56. The second-order valence-corrected chi connectivity index (χ2v) is 9.34. The maximum absolute atomic E-state index is 11.5. The molecule has 4 heteroatoms. The van der Waals surface area contributed by atoms with Crippen LogP contribution in [-0.2, 0) is 0 Å². The van der Waals surface area contributed by atoms with Crippen molar-refractivity contribution < 1.29 is 5.11 Å². The van der Waals surface area contributed by atoms with E-state index in [-0.39, 0.29) is 17.6 Å². The molecule has 5 aliphatic rings. The van der Waals surface area contributed by atoms with Gasteiger partial charge >= 0.3 is 0 Å². The van der Waals surface area contributed by atoms with E-state index in [1.807, 2.05) is 12.5 Å². The van der Waals surface area contributed by atoms with Crippen molar-refractivity contribution in [1.29, 1.82) is 0 Å². The molecule has 0 radical (unpaired) electrons. The molecule has 1 aromatic heterocycles. The van der Waals surface area contributed by atoms with Crippen LogP contribution in [-0.4, -0.2) is 45.3 Å². The number of benzene rings is 1. The van der Waals surface area contributed by atoms with E-state index in [4.69, 9.17) is 0 Å². The van der Waals surface area contributed by atoms with Crippen molar-refractivity contribution >= 4 is 0 Å². The van der Waals surface area contributed by atoms with Gasteiger partial charge in [-0.15, -0.1) is 0 Å². The standard InChI is InChI=1S/C22H27N3O/c1-24-12-14-6-7-15(24)9-22(8-14)10-18(21(22)26)20-17-5-3-2-4-16(17)19-11-23-13-25(19)20/h2-5,11,13-15,18,20-21,26H,6-10,12H2,1H3/t14-,15-,18-,20-,21+,22-/m0/s1. The zero-order chi connectivity index (χ0) is 17.5. The Morgan fingerprint density at radius 1 is 1.15 bits per heavy atom. The number of fused-ring (bicyclic) bond motifs is 5. The minimum absolute atomic E-state index is 0.152. The maximum Gasteiger partial charge on any atom is 0.0956 e. The monoisotopic (exact) mass is 349 g/mol. The first-order chi connectivity index (χ1) is 12.7. The summed E-state index contributed by atoms with van der Waals surface area (Å²) in [6.45, 7) is 1.22. The largest absolute Gasteiger partial charge is 0.392 e. The lowest BCUT2D eigenvalue weighted by Gasteiger charge is -2.55. The van der Waals surface area contributed by atoms with E-state index in [9.17, 15) is 5.11 Å². The van der Waals surface area contributed by atoms with Crippen molar-refractivity contribution in [3.8, 4) is 11.3 Å². The molecule has 1 aromatic carbocycles. The van der Waals surface area contributed by atoms with Crippen LogP contribution in [0.4, 0.5) is 0 Å². The van der Waals surface area contributed by atoms with Gasteiger partial charge in [0.2, 0.25) is 0 Å². The molecule has 0 amide bonds. The number of hydrogen-bond donors (Lipinski definition) is 1. The molecule has 2 saturated heterocycles. The summed E-state index contributed by atoms with van der Waals surface area (Å²) >= 11 is 0. The van der Waals surface area contributed by atoms with E-state index >= 15 is 0 Å². The second-order valence-electron chi connectivity index (χ2n) is 9.34. The zero-order valence-electron chi connectivity index (χ0n) is 15.4. The van der Waals surface area contributed by atoms with Crippen molar-refractivity contribution in [2.24, 2.45) is 17.3 Å². The normalized spacial score (nSPS) is 40.9. The minimum Gasteiger partial charge on any atom is -0.392 e. The molecule has 2 saturated carbocycles. The van der Waals surface area contributed by atoms with E-state index in [0.717, 1.165) is 12.3 Å².